The van der Waals surface area contributed by atoms with Crippen LogP contribution in [0.3, 0.4) is 0 Å². The topological polar surface area (TPSA) is 67.5 Å². The highest BCUT2D eigenvalue weighted by Gasteiger charge is 2.15. The van der Waals surface area contributed by atoms with Crippen molar-refractivity contribution in [1.29, 1.82) is 0 Å². The predicted molar refractivity (Wildman–Crippen MR) is 73.8 cm³/mol. The van der Waals surface area contributed by atoms with E-state index in [0.29, 0.717) is 0 Å². The van der Waals surface area contributed by atoms with E-state index in [2.05, 4.69) is 0 Å². The molecule has 0 aliphatic rings. The van der Waals surface area contributed by atoms with E-state index in [0.717, 1.165) is 9.75 Å². The van der Waals surface area contributed by atoms with Crippen LogP contribution in [0.15, 0.2) is 33.5 Å². The van der Waals surface area contributed by atoms with E-state index in [1.165, 1.54) is 30.4 Å². The van der Waals surface area contributed by atoms with E-state index >= 15 is 0 Å². The van der Waals surface area contributed by atoms with Crippen LogP contribution in [0.2, 0.25) is 0 Å². The Bertz CT molecular complexity index is 706. The molecule has 0 aromatic carbocycles. The molecular formula is C14H12O4S. The van der Waals surface area contributed by atoms with Crippen LogP contribution >= 0.6 is 11.3 Å². The molecule has 0 amide bonds. The molecule has 0 spiro atoms. The van der Waals surface area contributed by atoms with Crippen LogP contribution < -0.4 is 5.63 Å². The van der Waals surface area contributed by atoms with Gasteiger partial charge in [0, 0.05) is 15.8 Å². The lowest BCUT2D eigenvalue weighted by Crippen LogP contribution is -2.12. The highest BCUT2D eigenvalue weighted by atomic mass is 32.1. The van der Waals surface area contributed by atoms with Gasteiger partial charge in [0.1, 0.15) is 17.1 Å². The molecule has 0 saturated heterocycles. The Morgan fingerprint density at radius 3 is 2.68 bits per heavy atom. The number of hydrogen-bond donors (Lipinski definition) is 1. The van der Waals surface area contributed by atoms with Crippen molar-refractivity contribution >= 4 is 23.2 Å². The second-order valence-electron chi connectivity index (χ2n) is 4.05. The first kappa shape index (κ1) is 13.3. The quantitative estimate of drug-likeness (QED) is 0.691. The Balaban J connectivity index is 2.31. The third-order valence-electron chi connectivity index (χ3n) is 2.46. The minimum absolute atomic E-state index is 0.261. The third-order valence-corrected chi connectivity index (χ3v) is 3.43. The fraction of sp³-hybridized carbons (Fsp3) is 0.143. The van der Waals surface area contributed by atoms with Crippen molar-refractivity contribution in [1.82, 2.24) is 0 Å². The van der Waals surface area contributed by atoms with Gasteiger partial charge in [-0.2, -0.15) is 0 Å². The summed E-state index contributed by atoms with van der Waals surface area (Å²) in [5.74, 6) is -0.667. The lowest BCUT2D eigenvalue weighted by molar-refractivity contribution is 0.104. The van der Waals surface area contributed by atoms with E-state index < -0.39 is 11.4 Å². The van der Waals surface area contributed by atoms with Gasteiger partial charge in [-0.3, -0.25) is 4.79 Å². The Hall–Kier alpha value is -2.14. The summed E-state index contributed by atoms with van der Waals surface area (Å²) in [5.41, 5.74) is -1.16. The number of thiophene rings is 1. The minimum atomic E-state index is -0.825. The fourth-order valence-corrected chi connectivity index (χ4v) is 2.39. The molecule has 2 rings (SSSR count). The lowest BCUT2D eigenvalue weighted by atomic mass is 10.1. The molecule has 4 nitrogen and oxygen atoms in total. The van der Waals surface area contributed by atoms with Crippen LogP contribution in [0, 0.1) is 13.8 Å². The van der Waals surface area contributed by atoms with Crippen LogP contribution in [-0.2, 0) is 0 Å². The summed E-state index contributed by atoms with van der Waals surface area (Å²) in [6, 6.07) is 5.06. The highest BCUT2D eigenvalue weighted by molar-refractivity contribution is 7.12. The smallest absolute Gasteiger partial charge is 0.351 e. The molecule has 2 aromatic heterocycles. The monoisotopic (exact) mass is 276 g/mol. The molecule has 0 radical (unpaired) electrons. The van der Waals surface area contributed by atoms with Crippen LogP contribution in [0.1, 0.15) is 25.9 Å². The summed E-state index contributed by atoms with van der Waals surface area (Å²) in [6.45, 7) is 3.49. The molecule has 0 aliphatic heterocycles. The van der Waals surface area contributed by atoms with E-state index in [1.54, 1.807) is 6.08 Å². The molecule has 19 heavy (non-hydrogen) atoms. The summed E-state index contributed by atoms with van der Waals surface area (Å²) in [7, 11) is 0. The van der Waals surface area contributed by atoms with Gasteiger partial charge in [0.05, 0.1) is 0 Å². The fourth-order valence-electron chi connectivity index (χ4n) is 1.61. The maximum atomic E-state index is 11.9. The Morgan fingerprint density at radius 1 is 1.37 bits per heavy atom. The maximum absolute atomic E-state index is 11.9. The van der Waals surface area contributed by atoms with Crippen molar-refractivity contribution < 1.29 is 14.3 Å². The minimum Gasteiger partial charge on any atom is -0.507 e. The van der Waals surface area contributed by atoms with Crippen LogP contribution in [-0.4, -0.2) is 10.9 Å². The number of carbonyl (C=O) groups excluding carboxylic acids is 1. The van der Waals surface area contributed by atoms with Crippen LogP contribution in [0.25, 0.3) is 6.08 Å². The largest absolute Gasteiger partial charge is 0.507 e. The molecule has 0 saturated carbocycles. The molecule has 2 aromatic rings. The zero-order valence-corrected chi connectivity index (χ0v) is 11.3. The second-order valence-corrected chi connectivity index (χ2v) is 5.37. The summed E-state index contributed by atoms with van der Waals surface area (Å²) < 4.78 is 4.80. The number of aromatic hydroxyl groups is 1. The van der Waals surface area contributed by atoms with Gasteiger partial charge in [-0.25, -0.2) is 4.79 Å². The molecule has 1 N–H and O–H groups in total. The molecule has 0 unspecified atom stereocenters. The summed E-state index contributed by atoms with van der Waals surface area (Å²) in [4.78, 5) is 25.4. The van der Waals surface area contributed by atoms with Crippen LogP contribution in [0.5, 0.6) is 5.75 Å². The molecule has 98 valence electrons. The van der Waals surface area contributed by atoms with Gasteiger partial charge in [0.2, 0.25) is 0 Å². The van der Waals surface area contributed by atoms with Crippen molar-refractivity contribution in [3.63, 3.8) is 0 Å². The summed E-state index contributed by atoms with van der Waals surface area (Å²) >= 11 is 1.53. The van der Waals surface area contributed by atoms with Crippen LogP contribution in [0.4, 0.5) is 0 Å². The van der Waals surface area contributed by atoms with Gasteiger partial charge in [-0.1, -0.05) is 0 Å². The van der Waals surface area contributed by atoms with Gasteiger partial charge in [-0.05, 0) is 38.1 Å². The Kier molecular flexibility index (Phi) is 3.66. The van der Waals surface area contributed by atoms with Crippen molar-refractivity contribution in [2.45, 2.75) is 13.8 Å². The van der Waals surface area contributed by atoms with E-state index in [-0.39, 0.29) is 17.1 Å². The van der Waals surface area contributed by atoms with Gasteiger partial charge in [0.15, 0.2) is 5.78 Å². The molecular weight excluding hydrogens is 264 g/mol. The normalized spacial score (nSPS) is 11.1. The molecule has 2 heterocycles. The zero-order chi connectivity index (χ0) is 14.0. The van der Waals surface area contributed by atoms with E-state index in [4.69, 9.17) is 4.42 Å². The molecule has 0 fully saturated rings. The third kappa shape index (κ3) is 3.00. The number of ketones is 1. The van der Waals surface area contributed by atoms with Gasteiger partial charge >= 0.3 is 5.63 Å². The van der Waals surface area contributed by atoms with E-state index in [1.807, 2.05) is 19.1 Å². The lowest BCUT2D eigenvalue weighted by Gasteiger charge is -1.99. The number of allylic oxidation sites excluding steroid dienone is 1. The SMILES string of the molecule is Cc1cc(O)c(C(=O)/C=C/c2ccc(C)s2)c(=O)o1. The molecule has 0 bridgehead atoms. The van der Waals surface area contributed by atoms with Crippen molar-refractivity contribution in [2.75, 3.05) is 0 Å². The standard InChI is InChI=1S/C14H12O4S/c1-8-7-12(16)13(14(17)18-8)11(15)6-5-10-4-3-9(2)19-10/h3-7,16H,1-2H3/b6-5+. The van der Waals surface area contributed by atoms with Gasteiger partial charge < -0.3 is 9.52 Å². The maximum Gasteiger partial charge on any atom is 0.351 e. The van der Waals surface area contributed by atoms with Crippen molar-refractivity contribution in [3.05, 3.63) is 55.8 Å². The van der Waals surface area contributed by atoms with Gasteiger partial charge in [-0.15, -0.1) is 11.3 Å². The number of aryl methyl sites for hydroxylation is 2. The molecule has 0 aliphatic carbocycles. The summed E-state index contributed by atoms with van der Waals surface area (Å²) in [5, 5.41) is 9.63. The number of rotatable bonds is 3. The van der Waals surface area contributed by atoms with Gasteiger partial charge in [0.25, 0.3) is 0 Å². The van der Waals surface area contributed by atoms with E-state index in [9.17, 15) is 14.7 Å². The molecule has 5 heteroatoms. The molecule has 0 atom stereocenters. The highest BCUT2D eigenvalue weighted by Crippen LogP contribution is 2.18. The first-order chi connectivity index (χ1) is 8.97. The first-order valence-corrected chi connectivity index (χ1v) is 6.41. The summed E-state index contributed by atoms with van der Waals surface area (Å²) in [6.07, 6.45) is 2.87. The Labute approximate surface area is 113 Å². The Morgan fingerprint density at radius 2 is 2.11 bits per heavy atom. The first-order valence-electron chi connectivity index (χ1n) is 5.60. The van der Waals surface area contributed by atoms with Crippen molar-refractivity contribution in [3.8, 4) is 5.75 Å². The second kappa shape index (κ2) is 5.24. The van der Waals surface area contributed by atoms with Crippen molar-refractivity contribution in [2.24, 2.45) is 0 Å². The average molecular weight is 276 g/mol. The zero-order valence-electron chi connectivity index (χ0n) is 10.5. The predicted octanol–water partition coefficient (Wildman–Crippen LogP) is 2.92. The number of carbonyl (C=O) groups is 1. The number of hydrogen-bond acceptors (Lipinski definition) is 5. The average Bonchev–Trinajstić information content (AvgIpc) is 2.71.